The minimum atomic E-state index is 0.0770. The molecule has 1 aromatic carbocycles. The Morgan fingerprint density at radius 2 is 1.85 bits per heavy atom. The summed E-state index contributed by atoms with van der Waals surface area (Å²) in [4.78, 5) is 8.71. The molecule has 0 aliphatic carbocycles. The zero-order valence-corrected chi connectivity index (χ0v) is 13.1. The van der Waals surface area contributed by atoms with Crippen LogP contribution >= 0.6 is 15.9 Å². The third-order valence-corrected chi connectivity index (χ3v) is 3.09. The van der Waals surface area contributed by atoms with E-state index in [1.54, 1.807) is 0 Å². The van der Waals surface area contributed by atoms with Crippen LogP contribution in [0.3, 0.4) is 0 Å². The second-order valence-corrected chi connectivity index (χ2v) is 5.59. The number of rotatable bonds is 5. The molecule has 0 radical (unpaired) electrons. The number of anilines is 3. The zero-order valence-electron chi connectivity index (χ0n) is 11.5. The highest BCUT2D eigenvalue weighted by Crippen LogP contribution is 2.19. The van der Waals surface area contributed by atoms with Gasteiger partial charge in [0.25, 0.3) is 0 Å². The predicted molar refractivity (Wildman–Crippen MR) is 86.3 cm³/mol. The van der Waals surface area contributed by atoms with Crippen LogP contribution in [0.4, 0.5) is 17.3 Å². The van der Waals surface area contributed by atoms with Gasteiger partial charge >= 0.3 is 0 Å². The highest BCUT2D eigenvalue weighted by Gasteiger charge is 2.03. The summed E-state index contributed by atoms with van der Waals surface area (Å²) in [5.41, 5.74) is 6.70. The zero-order chi connectivity index (χ0) is 14.5. The van der Waals surface area contributed by atoms with Gasteiger partial charge in [-0.2, -0.15) is 0 Å². The van der Waals surface area contributed by atoms with E-state index < -0.39 is 0 Å². The quantitative estimate of drug-likeness (QED) is 0.782. The lowest BCUT2D eigenvalue weighted by molar-refractivity contribution is 0.776. The van der Waals surface area contributed by atoms with Gasteiger partial charge in [0, 0.05) is 28.8 Å². The minimum absolute atomic E-state index is 0.0770. The molecular formula is C14H18BrN5. The van der Waals surface area contributed by atoms with Crippen LogP contribution in [0, 0.1) is 6.92 Å². The average molecular weight is 336 g/mol. The van der Waals surface area contributed by atoms with Gasteiger partial charge in [-0.1, -0.05) is 15.9 Å². The molecular weight excluding hydrogens is 318 g/mol. The number of benzene rings is 1. The van der Waals surface area contributed by atoms with Crippen molar-refractivity contribution in [1.29, 1.82) is 0 Å². The third-order valence-electron chi connectivity index (χ3n) is 2.56. The van der Waals surface area contributed by atoms with Gasteiger partial charge in [0.15, 0.2) is 0 Å². The highest BCUT2D eigenvalue weighted by atomic mass is 79.9. The predicted octanol–water partition coefficient (Wildman–Crippen LogP) is 3.05. The summed E-state index contributed by atoms with van der Waals surface area (Å²) in [6.45, 7) is 4.49. The van der Waals surface area contributed by atoms with E-state index in [2.05, 4.69) is 36.5 Å². The molecule has 106 valence electrons. The molecule has 1 unspecified atom stereocenters. The maximum absolute atomic E-state index is 5.73. The molecule has 4 N–H and O–H groups in total. The van der Waals surface area contributed by atoms with Gasteiger partial charge in [0.1, 0.15) is 17.5 Å². The monoisotopic (exact) mass is 335 g/mol. The summed E-state index contributed by atoms with van der Waals surface area (Å²) in [7, 11) is 0. The first-order chi connectivity index (χ1) is 9.52. The number of nitrogens with one attached hydrogen (secondary N) is 2. The van der Waals surface area contributed by atoms with E-state index in [1.165, 1.54) is 0 Å². The Balaban J connectivity index is 2.13. The topological polar surface area (TPSA) is 75.9 Å². The molecule has 5 nitrogen and oxygen atoms in total. The van der Waals surface area contributed by atoms with Crippen molar-refractivity contribution < 1.29 is 0 Å². The van der Waals surface area contributed by atoms with Crippen LogP contribution in [0.15, 0.2) is 34.8 Å². The number of nitrogens with two attached hydrogens (primary N) is 1. The summed E-state index contributed by atoms with van der Waals surface area (Å²) in [5.74, 6) is 2.24. The SMILES string of the molecule is Cc1nc(NCC(C)N)cc(Nc2ccc(Br)cc2)n1. The molecule has 0 bridgehead atoms. The summed E-state index contributed by atoms with van der Waals surface area (Å²) in [6.07, 6.45) is 0. The van der Waals surface area contributed by atoms with Crippen molar-refractivity contribution in [3.63, 3.8) is 0 Å². The van der Waals surface area contributed by atoms with Gasteiger partial charge in [-0.05, 0) is 38.1 Å². The first kappa shape index (κ1) is 14.7. The Bertz CT molecular complexity index is 568. The highest BCUT2D eigenvalue weighted by molar-refractivity contribution is 9.10. The van der Waals surface area contributed by atoms with Crippen LogP contribution in [0.25, 0.3) is 0 Å². The van der Waals surface area contributed by atoms with Crippen molar-refractivity contribution in [2.24, 2.45) is 5.73 Å². The lowest BCUT2D eigenvalue weighted by atomic mass is 10.3. The average Bonchev–Trinajstić information content (AvgIpc) is 2.38. The largest absolute Gasteiger partial charge is 0.368 e. The maximum atomic E-state index is 5.73. The van der Waals surface area contributed by atoms with Crippen LogP contribution in [-0.2, 0) is 0 Å². The van der Waals surface area contributed by atoms with Gasteiger partial charge in [-0.15, -0.1) is 0 Å². The van der Waals surface area contributed by atoms with Crippen molar-refractivity contribution in [2.45, 2.75) is 19.9 Å². The molecule has 0 saturated carbocycles. The van der Waals surface area contributed by atoms with Crippen LogP contribution in [0.5, 0.6) is 0 Å². The number of aryl methyl sites for hydroxylation is 1. The molecule has 1 aromatic heterocycles. The molecule has 20 heavy (non-hydrogen) atoms. The smallest absolute Gasteiger partial charge is 0.136 e. The van der Waals surface area contributed by atoms with Crippen molar-refractivity contribution >= 4 is 33.3 Å². The number of nitrogens with zero attached hydrogens (tertiary/aromatic N) is 2. The molecule has 2 rings (SSSR count). The van der Waals surface area contributed by atoms with Gasteiger partial charge < -0.3 is 16.4 Å². The number of hydrogen-bond acceptors (Lipinski definition) is 5. The first-order valence-electron chi connectivity index (χ1n) is 6.40. The lowest BCUT2D eigenvalue weighted by Crippen LogP contribution is -2.25. The van der Waals surface area contributed by atoms with Gasteiger partial charge in [0.05, 0.1) is 0 Å². The van der Waals surface area contributed by atoms with Crippen LogP contribution in [0.1, 0.15) is 12.7 Å². The van der Waals surface area contributed by atoms with E-state index >= 15 is 0 Å². The minimum Gasteiger partial charge on any atom is -0.368 e. The van der Waals surface area contributed by atoms with Gasteiger partial charge in [-0.3, -0.25) is 0 Å². The van der Waals surface area contributed by atoms with E-state index in [9.17, 15) is 0 Å². The molecule has 0 fully saturated rings. The van der Waals surface area contributed by atoms with E-state index in [0.717, 1.165) is 21.8 Å². The number of aromatic nitrogens is 2. The van der Waals surface area contributed by atoms with E-state index in [4.69, 9.17) is 5.73 Å². The van der Waals surface area contributed by atoms with Gasteiger partial charge in [0.2, 0.25) is 0 Å². The molecule has 0 saturated heterocycles. The summed E-state index contributed by atoms with van der Waals surface area (Å²) < 4.78 is 1.04. The fraction of sp³-hybridized carbons (Fsp3) is 0.286. The summed E-state index contributed by atoms with van der Waals surface area (Å²) in [5, 5.41) is 6.45. The lowest BCUT2D eigenvalue weighted by Gasteiger charge is -2.11. The van der Waals surface area contributed by atoms with E-state index in [1.807, 2.05) is 44.2 Å². The molecule has 0 aliphatic heterocycles. The Labute approximate surface area is 127 Å². The van der Waals surface area contributed by atoms with Crippen LogP contribution in [0.2, 0.25) is 0 Å². The third kappa shape index (κ3) is 4.47. The molecule has 0 spiro atoms. The second-order valence-electron chi connectivity index (χ2n) is 4.68. The summed E-state index contributed by atoms with van der Waals surface area (Å²) >= 11 is 3.41. The van der Waals surface area contributed by atoms with Crippen LogP contribution in [-0.4, -0.2) is 22.6 Å². The van der Waals surface area contributed by atoms with Crippen molar-refractivity contribution in [1.82, 2.24) is 9.97 Å². The molecule has 0 amide bonds. The summed E-state index contributed by atoms with van der Waals surface area (Å²) in [6, 6.07) is 9.87. The molecule has 6 heteroatoms. The normalized spacial score (nSPS) is 12.0. The molecule has 1 atom stereocenters. The van der Waals surface area contributed by atoms with Crippen molar-refractivity contribution in [2.75, 3.05) is 17.2 Å². The van der Waals surface area contributed by atoms with Crippen molar-refractivity contribution in [3.05, 3.63) is 40.6 Å². The second kappa shape index (κ2) is 6.67. The fourth-order valence-corrected chi connectivity index (χ4v) is 1.93. The van der Waals surface area contributed by atoms with E-state index in [-0.39, 0.29) is 6.04 Å². The van der Waals surface area contributed by atoms with Gasteiger partial charge in [-0.25, -0.2) is 9.97 Å². The van der Waals surface area contributed by atoms with Crippen LogP contribution < -0.4 is 16.4 Å². The molecule has 0 aliphatic rings. The van der Waals surface area contributed by atoms with E-state index in [0.29, 0.717) is 12.4 Å². The Hall–Kier alpha value is -1.66. The Morgan fingerprint density at radius 1 is 1.20 bits per heavy atom. The van der Waals surface area contributed by atoms with Crippen molar-refractivity contribution in [3.8, 4) is 0 Å². The first-order valence-corrected chi connectivity index (χ1v) is 7.20. The standard InChI is InChI=1S/C14H18BrN5/c1-9(16)8-17-13-7-14(19-10(2)18-13)20-12-5-3-11(15)4-6-12/h3-7,9H,8,16H2,1-2H3,(H2,17,18,19,20). The Morgan fingerprint density at radius 3 is 2.50 bits per heavy atom. The Kier molecular flexibility index (Phi) is 4.92. The number of hydrogen-bond donors (Lipinski definition) is 3. The maximum Gasteiger partial charge on any atom is 0.136 e. The fourth-order valence-electron chi connectivity index (χ4n) is 1.67. The number of halogens is 1. The molecule has 1 heterocycles. The molecule has 2 aromatic rings.